The van der Waals surface area contributed by atoms with Crippen LogP contribution >= 0.6 is 0 Å². The van der Waals surface area contributed by atoms with Crippen molar-refractivity contribution in [3.63, 3.8) is 0 Å². The van der Waals surface area contributed by atoms with E-state index in [0.717, 1.165) is 0 Å². The average Bonchev–Trinajstić information content (AvgIpc) is 2.56. The lowest BCUT2D eigenvalue weighted by Gasteiger charge is -2.40. The highest BCUT2D eigenvalue weighted by molar-refractivity contribution is 5.72. The van der Waals surface area contributed by atoms with Crippen molar-refractivity contribution in [2.75, 3.05) is 19.7 Å². The third-order valence-electron chi connectivity index (χ3n) is 3.10. The van der Waals surface area contributed by atoms with Crippen molar-refractivity contribution in [1.82, 2.24) is 9.80 Å². The summed E-state index contributed by atoms with van der Waals surface area (Å²) in [5, 5.41) is 0. The SMILES string of the molecule is C[C@H]1CN2C(=O)OC[C@@H]2CN1C(=O)OC(C)(C)C. The molecule has 0 spiro atoms. The molecule has 0 N–H and O–H groups in total. The zero-order valence-corrected chi connectivity index (χ0v) is 11.3. The highest BCUT2D eigenvalue weighted by atomic mass is 16.6. The Kier molecular flexibility index (Phi) is 3.12. The Balaban J connectivity index is 2.02. The lowest BCUT2D eigenvalue weighted by Crippen LogP contribution is -2.58. The van der Waals surface area contributed by atoms with Gasteiger partial charge in [-0.25, -0.2) is 9.59 Å². The fraction of sp³-hybridized carbons (Fsp3) is 0.833. The molecule has 2 heterocycles. The standard InChI is InChI=1S/C12H20N2O4/c1-8-5-14-9(7-17-10(14)15)6-13(8)11(16)18-12(2,3)4/h8-9H,5-7H2,1-4H3/t8-,9-/m0/s1. The number of ether oxygens (including phenoxy) is 2. The molecular formula is C12H20N2O4. The zero-order chi connectivity index (χ0) is 13.5. The highest BCUT2D eigenvalue weighted by Crippen LogP contribution is 2.23. The zero-order valence-electron chi connectivity index (χ0n) is 11.3. The number of amides is 2. The first-order valence-electron chi connectivity index (χ1n) is 6.21. The fourth-order valence-corrected chi connectivity index (χ4v) is 2.23. The van der Waals surface area contributed by atoms with Gasteiger partial charge in [-0.15, -0.1) is 0 Å². The summed E-state index contributed by atoms with van der Waals surface area (Å²) < 4.78 is 10.4. The second-order valence-corrected chi connectivity index (χ2v) is 5.86. The van der Waals surface area contributed by atoms with E-state index < -0.39 is 5.60 Å². The summed E-state index contributed by atoms with van der Waals surface area (Å²) in [7, 11) is 0. The van der Waals surface area contributed by atoms with E-state index in [2.05, 4.69) is 0 Å². The summed E-state index contributed by atoms with van der Waals surface area (Å²) in [5.41, 5.74) is -0.504. The van der Waals surface area contributed by atoms with Gasteiger partial charge < -0.3 is 14.4 Å². The first-order chi connectivity index (χ1) is 8.28. The van der Waals surface area contributed by atoms with Gasteiger partial charge in [0.05, 0.1) is 12.1 Å². The van der Waals surface area contributed by atoms with Gasteiger partial charge in [-0.05, 0) is 27.7 Å². The first-order valence-corrected chi connectivity index (χ1v) is 6.21. The first kappa shape index (κ1) is 13.0. The molecule has 0 radical (unpaired) electrons. The minimum Gasteiger partial charge on any atom is -0.447 e. The number of nitrogens with zero attached hydrogens (tertiary/aromatic N) is 2. The Bertz CT molecular complexity index is 364. The molecule has 0 saturated carbocycles. The molecule has 2 saturated heterocycles. The van der Waals surface area contributed by atoms with Gasteiger partial charge in [0.2, 0.25) is 0 Å². The van der Waals surface area contributed by atoms with E-state index >= 15 is 0 Å². The van der Waals surface area contributed by atoms with Crippen LogP contribution in [0.4, 0.5) is 9.59 Å². The van der Waals surface area contributed by atoms with E-state index in [0.29, 0.717) is 19.7 Å². The summed E-state index contributed by atoms with van der Waals surface area (Å²) in [6, 6.07) is -0.0945. The van der Waals surface area contributed by atoms with E-state index in [1.54, 1.807) is 9.80 Å². The van der Waals surface area contributed by atoms with Crippen LogP contribution in [0.2, 0.25) is 0 Å². The van der Waals surface area contributed by atoms with Gasteiger partial charge in [0.25, 0.3) is 0 Å². The van der Waals surface area contributed by atoms with Crippen LogP contribution in [0.3, 0.4) is 0 Å². The molecule has 18 heavy (non-hydrogen) atoms. The molecule has 2 amide bonds. The van der Waals surface area contributed by atoms with Gasteiger partial charge in [0, 0.05) is 13.1 Å². The second kappa shape index (κ2) is 4.33. The molecule has 2 atom stereocenters. The Labute approximate surface area is 107 Å². The topological polar surface area (TPSA) is 59.1 Å². The van der Waals surface area contributed by atoms with Crippen molar-refractivity contribution in [2.24, 2.45) is 0 Å². The van der Waals surface area contributed by atoms with Gasteiger partial charge in [0.1, 0.15) is 12.2 Å². The summed E-state index contributed by atoms with van der Waals surface area (Å²) in [6.45, 7) is 8.76. The molecule has 0 aromatic heterocycles. The number of hydrogen-bond donors (Lipinski definition) is 0. The summed E-state index contributed by atoms with van der Waals surface area (Å²) >= 11 is 0. The number of carbonyl (C=O) groups excluding carboxylic acids is 2. The predicted octanol–water partition coefficient (Wildman–Crippen LogP) is 1.45. The number of piperazine rings is 1. The Morgan fingerprint density at radius 1 is 1.39 bits per heavy atom. The van der Waals surface area contributed by atoms with Crippen molar-refractivity contribution >= 4 is 12.2 Å². The fourth-order valence-electron chi connectivity index (χ4n) is 2.23. The van der Waals surface area contributed by atoms with Crippen LogP contribution in [0.5, 0.6) is 0 Å². The molecule has 2 aliphatic rings. The number of rotatable bonds is 0. The molecule has 0 aromatic carbocycles. The van der Waals surface area contributed by atoms with Crippen molar-refractivity contribution in [3.8, 4) is 0 Å². The van der Waals surface area contributed by atoms with Crippen LogP contribution in [0.15, 0.2) is 0 Å². The molecular weight excluding hydrogens is 236 g/mol. The normalized spacial score (nSPS) is 27.9. The molecule has 2 aliphatic heterocycles. The van der Waals surface area contributed by atoms with Gasteiger partial charge in [-0.2, -0.15) is 0 Å². The quantitative estimate of drug-likeness (QED) is 0.658. The molecule has 0 unspecified atom stereocenters. The van der Waals surface area contributed by atoms with Crippen LogP contribution in [0, 0.1) is 0 Å². The van der Waals surface area contributed by atoms with Crippen molar-refractivity contribution in [1.29, 1.82) is 0 Å². The summed E-state index contributed by atoms with van der Waals surface area (Å²) in [5.74, 6) is 0. The number of fused-ring (bicyclic) bond motifs is 1. The maximum atomic E-state index is 12.1. The molecule has 2 fully saturated rings. The van der Waals surface area contributed by atoms with Crippen molar-refractivity contribution in [2.45, 2.75) is 45.4 Å². The van der Waals surface area contributed by atoms with E-state index in [1.165, 1.54) is 0 Å². The van der Waals surface area contributed by atoms with Crippen molar-refractivity contribution < 1.29 is 19.1 Å². The average molecular weight is 256 g/mol. The molecule has 0 aromatic rings. The largest absolute Gasteiger partial charge is 0.447 e. The predicted molar refractivity (Wildman–Crippen MR) is 64.2 cm³/mol. The summed E-state index contributed by atoms with van der Waals surface area (Å²) in [4.78, 5) is 26.8. The van der Waals surface area contributed by atoms with Gasteiger partial charge >= 0.3 is 12.2 Å². The molecule has 6 heteroatoms. The maximum absolute atomic E-state index is 12.1. The molecule has 102 valence electrons. The van der Waals surface area contributed by atoms with Crippen LogP contribution < -0.4 is 0 Å². The van der Waals surface area contributed by atoms with Crippen LogP contribution in [-0.2, 0) is 9.47 Å². The van der Waals surface area contributed by atoms with Crippen molar-refractivity contribution in [3.05, 3.63) is 0 Å². The van der Waals surface area contributed by atoms with Crippen LogP contribution in [0.25, 0.3) is 0 Å². The molecule has 6 nitrogen and oxygen atoms in total. The Morgan fingerprint density at radius 3 is 2.67 bits per heavy atom. The molecule has 2 rings (SSSR count). The van der Waals surface area contributed by atoms with E-state index in [9.17, 15) is 9.59 Å². The Morgan fingerprint density at radius 2 is 2.06 bits per heavy atom. The third-order valence-corrected chi connectivity index (χ3v) is 3.10. The lowest BCUT2D eigenvalue weighted by atomic mass is 10.1. The highest BCUT2D eigenvalue weighted by Gasteiger charge is 2.42. The maximum Gasteiger partial charge on any atom is 0.410 e. The van der Waals surface area contributed by atoms with E-state index in [-0.39, 0.29) is 24.3 Å². The number of cyclic esters (lactones) is 1. The molecule has 0 aliphatic carbocycles. The van der Waals surface area contributed by atoms with Gasteiger partial charge in [-0.1, -0.05) is 0 Å². The van der Waals surface area contributed by atoms with E-state index in [1.807, 2.05) is 27.7 Å². The number of hydrogen-bond acceptors (Lipinski definition) is 4. The minimum absolute atomic E-state index is 0.0405. The monoisotopic (exact) mass is 256 g/mol. The molecule has 0 bridgehead atoms. The summed E-state index contributed by atoms with van der Waals surface area (Å²) in [6.07, 6.45) is -0.607. The lowest BCUT2D eigenvalue weighted by molar-refractivity contribution is -0.000319. The Hall–Kier alpha value is -1.46. The van der Waals surface area contributed by atoms with Gasteiger partial charge in [0.15, 0.2) is 0 Å². The number of carbonyl (C=O) groups is 2. The second-order valence-electron chi connectivity index (χ2n) is 5.86. The third kappa shape index (κ3) is 2.52. The van der Waals surface area contributed by atoms with Crippen LogP contribution in [0.1, 0.15) is 27.7 Å². The smallest absolute Gasteiger partial charge is 0.410 e. The minimum atomic E-state index is -0.504. The van der Waals surface area contributed by atoms with Crippen LogP contribution in [-0.4, -0.2) is 59.4 Å². The van der Waals surface area contributed by atoms with Gasteiger partial charge in [-0.3, -0.25) is 4.90 Å². The van der Waals surface area contributed by atoms with E-state index in [4.69, 9.17) is 9.47 Å².